The monoisotopic (exact) mass is 728 g/mol. The lowest BCUT2D eigenvalue weighted by Crippen LogP contribution is -2.61. The molecule has 2 fully saturated rings. The fourth-order valence-corrected chi connectivity index (χ4v) is 10.4. The highest BCUT2D eigenvalue weighted by Crippen LogP contribution is 2.53. The second-order valence-electron chi connectivity index (χ2n) is 15.0. The second kappa shape index (κ2) is 14.4. The van der Waals surface area contributed by atoms with Crippen molar-refractivity contribution in [3.8, 4) is 5.75 Å². The van der Waals surface area contributed by atoms with Crippen molar-refractivity contribution >= 4 is 33.2 Å². The van der Waals surface area contributed by atoms with Crippen LogP contribution < -0.4 is 19.7 Å². The summed E-state index contributed by atoms with van der Waals surface area (Å²) in [5.74, 6) is -0.121. The molecule has 4 heterocycles. The third-order valence-electron chi connectivity index (χ3n) is 12.4. The van der Waals surface area contributed by atoms with Gasteiger partial charge in [0.05, 0.1) is 22.6 Å². The number of sulfonamides is 1. The van der Waals surface area contributed by atoms with Crippen molar-refractivity contribution in [3.05, 3.63) is 69.5 Å². The van der Waals surface area contributed by atoms with Gasteiger partial charge in [-0.1, -0.05) is 30.7 Å². The van der Waals surface area contributed by atoms with Crippen LogP contribution in [-0.4, -0.2) is 83.1 Å². The molecule has 1 saturated carbocycles. The largest absolute Gasteiger partial charge is 0.491 e. The number of nitrogens with zero attached hydrogens (tertiary/aromatic N) is 2. The van der Waals surface area contributed by atoms with E-state index in [-0.39, 0.29) is 40.1 Å². The highest BCUT2D eigenvalue weighted by Gasteiger charge is 2.54. The summed E-state index contributed by atoms with van der Waals surface area (Å²) in [5, 5.41) is 2.79. The van der Waals surface area contributed by atoms with Crippen LogP contribution in [0.5, 0.6) is 5.75 Å². The Hall–Kier alpha value is -2.70. The average molecular weight is 729 g/mol. The number of methoxy groups -OCH3 is 1. The van der Waals surface area contributed by atoms with Gasteiger partial charge in [0.15, 0.2) is 0 Å². The first-order valence-corrected chi connectivity index (χ1v) is 20.2. The molecule has 272 valence electrons. The molecule has 4 bridgehead atoms. The Labute approximate surface area is 300 Å². The molecule has 0 aromatic heterocycles. The number of hydrogen-bond donors (Lipinski definition) is 2. The van der Waals surface area contributed by atoms with Gasteiger partial charge in [0.2, 0.25) is 10.0 Å². The maximum atomic E-state index is 15.6. The lowest BCUT2D eigenvalue weighted by Gasteiger charge is -2.56. The summed E-state index contributed by atoms with van der Waals surface area (Å²) in [5.41, 5.74) is 3.09. The van der Waals surface area contributed by atoms with Gasteiger partial charge in [-0.2, -0.15) is 0 Å². The van der Waals surface area contributed by atoms with E-state index < -0.39 is 26.8 Å². The van der Waals surface area contributed by atoms with Gasteiger partial charge < -0.3 is 19.7 Å². The first-order valence-electron chi connectivity index (χ1n) is 18.2. The number of halogens is 2. The molecule has 0 spiro atoms. The van der Waals surface area contributed by atoms with E-state index in [1.165, 1.54) is 5.57 Å². The zero-order valence-electron chi connectivity index (χ0n) is 29.4. The Morgan fingerprint density at radius 2 is 1.90 bits per heavy atom. The van der Waals surface area contributed by atoms with E-state index in [0.717, 1.165) is 64.0 Å². The molecular weight excluding hydrogens is 679 g/mol. The minimum atomic E-state index is -4.00. The molecule has 1 amide bonds. The SMILES string of the molecule is CO[C@@]1(CN2CCNCC2)C2=C[C@@H](C2)[C@H](C)[C@@H](C)S(=O)(=O)NC(=O)c2ccc3c(c2)N(Cc2ccc(Cl)c(F)c2CCCCO3)C[C@@H]2CC[C@H]21. The maximum Gasteiger partial charge on any atom is 0.264 e. The topological polar surface area (TPSA) is 100 Å². The summed E-state index contributed by atoms with van der Waals surface area (Å²) < 4.78 is 58.4. The molecule has 2 aliphatic carbocycles. The number of ether oxygens (including phenoxy) is 2. The van der Waals surface area contributed by atoms with Gasteiger partial charge in [0.1, 0.15) is 17.2 Å². The van der Waals surface area contributed by atoms with Crippen molar-refractivity contribution in [1.82, 2.24) is 14.9 Å². The number of amides is 1. The van der Waals surface area contributed by atoms with Crippen molar-refractivity contribution in [2.45, 2.75) is 69.8 Å². The number of carbonyl (C=O) groups excluding carboxylic acids is 1. The summed E-state index contributed by atoms with van der Waals surface area (Å²) in [6.07, 6.45) is 7.02. The average Bonchev–Trinajstić information content (AvgIpc) is 3.10. The standard InChI is InChI=1S/C38H50ClFN4O5S/c1-24-25(2)50(46,47)42-37(45)26-9-12-35-34(20-26)44(21-27-8-11-33(39)36(40)31(27)6-4-5-17-49-35)22-28-7-10-32(28)38(48-3,30-18-29(24)19-30)23-43-15-13-41-14-16-43/h8-9,11-12,18,20,24-25,28-29,32,41H,4-7,10,13-17,19,21-23H2,1-3H3,(H,42,45)/t24-,25-,28+,29+,32-,38+/m1/s1. The summed E-state index contributed by atoms with van der Waals surface area (Å²) in [6, 6.07) is 8.66. The van der Waals surface area contributed by atoms with E-state index in [1.54, 1.807) is 31.2 Å². The van der Waals surface area contributed by atoms with Gasteiger partial charge in [-0.25, -0.2) is 17.5 Å². The van der Waals surface area contributed by atoms with Crippen LogP contribution in [0.15, 0.2) is 42.0 Å². The number of hydrogen-bond acceptors (Lipinski definition) is 8. The zero-order chi connectivity index (χ0) is 35.2. The Morgan fingerprint density at radius 3 is 2.62 bits per heavy atom. The fourth-order valence-electron chi connectivity index (χ4n) is 8.85. The number of fused-ring (bicyclic) bond motifs is 5. The molecule has 12 heteroatoms. The van der Waals surface area contributed by atoms with Crippen LogP contribution in [0.1, 0.15) is 67.4 Å². The first kappa shape index (κ1) is 35.7. The van der Waals surface area contributed by atoms with Gasteiger partial charge in [0, 0.05) is 58.5 Å². The van der Waals surface area contributed by atoms with E-state index in [4.69, 9.17) is 21.1 Å². The number of rotatable bonds is 3. The van der Waals surface area contributed by atoms with Crippen LogP contribution in [0.4, 0.5) is 10.1 Å². The first-order chi connectivity index (χ1) is 24.0. The van der Waals surface area contributed by atoms with Crippen molar-refractivity contribution in [3.63, 3.8) is 0 Å². The van der Waals surface area contributed by atoms with Gasteiger partial charge in [-0.05, 0) is 110 Å². The molecule has 4 aliphatic heterocycles. The Kier molecular flexibility index (Phi) is 10.3. The molecule has 2 N–H and O–H groups in total. The van der Waals surface area contributed by atoms with Gasteiger partial charge >= 0.3 is 0 Å². The number of nitrogens with one attached hydrogen (secondary N) is 2. The van der Waals surface area contributed by atoms with Crippen LogP contribution in [0, 0.1) is 29.5 Å². The van der Waals surface area contributed by atoms with Crippen molar-refractivity contribution in [2.75, 3.05) is 57.9 Å². The number of benzene rings is 2. The molecular formula is C38H50ClFN4O5S. The third kappa shape index (κ3) is 6.69. The van der Waals surface area contributed by atoms with Crippen LogP contribution >= 0.6 is 11.6 Å². The molecule has 50 heavy (non-hydrogen) atoms. The molecule has 6 aliphatic rings. The Morgan fingerprint density at radius 1 is 1.12 bits per heavy atom. The van der Waals surface area contributed by atoms with E-state index >= 15 is 4.39 Å². The lowest BCUT2D eigenvalue weighted by atomic mass is 9.58. The van der Waals surface area contributed by atoms with Crippen LogP contribution in [0.3, 0.4) is 0 Å². The van der Waals surface area contributed by atoms with Crippen molar-refractivity contribution in [2.24, 2.45) is 23.7 Å². The van der Waals surface area contributed by atoms with E-state index in [9.17, 15) is 13.2 Å². The van der Waals surface area contributed by atoms with Crippen LogP contribution in [-0.2, 0) is 27.7 Å². The molecule has 0 radical (unpaired) electrons. The fraction of sp³-hybridized carbons (Fsp3) is 0.605. The van der Waals surface area contributed by atoms with Crippen molar-refractivity contribution in [1.29, 1.82) is 0 Å². The highest BCUT2D eigenvalue weighted by atomic mass is 35.5. The smallest absolute Gasteiger partial charge is 0.264 e. The predicted octanol–water partition coefficient (Wildman–Crippen LogP) is 5.56. The summed E-state index contributed by atoms with van der Waals surface area (Å²) in [7, 11) is -2.16. The summed E-state index contributed by atoms with van der Waals surface area (Å²) in [6.45, 7) is 9.61. The van der Waals surface area contributed by atoms with Gasteiger partial charge in [-0.15, -0.1) is 0 Å². The predicted molar refractivity (Wildman–Crippen MR) is 194 cm³/mol. The number of piperazine rings is 1. The third-order valence-corrected chi connectivity index (χ3v) is 14.5. The molecule has 6 atom stereocenters. The maximum absolute atomic E-state index is 15.6. The van der Waals surface area contributed by atoms with Gasteiger partial charge in [0.25, 0.3) is 5.91 Å². The van der Waals surface area contributed by atoms with Crippen molar-refractivity contribution < 1.29 is 27.1 Å². The summed E-state index contributed by atoms with van der Waals surface area (Å²) in [4.78, 5) is 18.4. The van der Waals surface area contributed by atoms with Gasteiger partial charge in [-0.3, -0.25) is 9.69 Å². The molecule has 9 nitrogen and oxygen atoms in total. The Bertz CT molecular complexity index is 1750. The quantitative estimate of drug-likeness (QED) is 0.397. The minimum Gasteiger partial charge on any atom is -0.491 e. The number of carbonyl (C=O) groups is 1. The highest BCUT2D eigenvalue weighted by molar-refractivity contribution is 7.90. The number of allylic oxidation sites excluding steroid dienone is 1. The lowest BCUT2D eigenvalue weighted by molar-refractivity contribution is -0.106. The summed E-state index contributed by atoms with van der Waals surface area (Å²) >= 11 is 6.30. The van der Waals surface area contributed by atoms with Crippen LogP contribution in [0.25, 0.3) is 0 Å². The molecule has 1 saturated heterocycles. The molecule has 2 aromatic rings. The number of anilines is 1. The second-order valence-corrected chi connectivity index (χ2v) is 17.5. The van der Waals surface area contributed by atoms with E-state index in [1.807, 2.05) is 20.1 Å². The Balaban J connectivity index is 1.36. The molecule has 8 rings (SSSR count). The molecule has 0 unspecified atom stereocenters. The normalized spacial score (nSPS) is 31.7. The minimum absolute atomic E-state index is 0.0582. The molecule has 2 aromatic carbocycles. The van der Waals surface area contributed by atoms with Crippen LogP contribution in [0.2, 0.25) is 5.02 Å². The van der Waals surface area contributed by atoms with E-state index in [0.29, 0.717) is 49.5 Å². The van der Waals surface area contributed by atoms with E-state index in [2.05, 4.69) is 25.9 Å². The zero-order valence-corrected chi connectivity index (χ0v) is 30.9.